The largest absolute Gasteiger partial charge is 0.497 e. The Balaban J connectivity index is 0.000000316. The van der Waals surface area contributed by atoms with E-state index in [1.807, 2.05) is 12.1 Å². The summed E-state index contributed by atoms with van der Waals surface area (Å²) in [5.74, 6) is -0.773. The lowest BCUT2D eigenvalue weighted by Crippen LogP contribution is -2.42. The van der Waals surface area contributed by atoms with E-state index < -0.39 is 36.4 Å². The van der Waals surface area contributed by atoms with Crippen LogP contribution in [-0.4, -0.2) is 92.7 Å². The van der Waals surface area contributed by atoms with E-state index in [-0.39, 0.29) is 0 Å². The number of carboxylic acid groups (broad SMARTS) is 3. The summed E-state index contributed by atoms with van der Waals surface area (Å²) >= 11 is 0. The third-order valence-corrected chi connectivity index (χ3v) is 7.23. The number of methoxy groups -OCH3 is 2. The van der Waals surface area contributed by atoms with Crippen molar-refractivity contribution in [2.75, 3.05) is 38.8 Å². The van der Waals surface area contributed by atoms with Gasteiger partial charge in [-0.2, -0.15) is 0 Å². The molecule has 42 heavy (non-hydrogen) atoms. The number of aliphatic hydroxyl groups is 1. The van der Waals surface area contributed by atoms with Gasteiger partial charge in [-0.15, -0.1) is 0 Å². The molecule has 4 rings (SSSR count). The van der Waals surface area contributed by atoms with Crippen molar-refractivity contribution in [3.63, 3.8) is 0 Å². The molecule has 0 amide bonds. The van der Waals surface area contributed by atoms with E-state index in [0.717, 1.165) is 62.0 Å². The van der Waals surface area contributed by atoms with E-state index >= 15 is 0 Å². The molecule has 1 aromatic heterocycles. The Morgan fingerprint density at radius 2 is 1.62 bits per heavy atom. The predicted octanol–water partition coefficient (Wildman–Crippen LogP) is 2.53. The highest BCUT2D eigenvalue weighted by atomic mass is 16.5. The molecular weight excluding hydrogens is 548 g/mol. The van der Waals surface area contributed by atoms with Crippen molar-refractivity contribution in [1.82, 2.24) is 14.9 Å². The second kappa shape index (κ2) is 14.3. The van der Waals surface area contributed by atoms with E-state index in [2.05, 4.69) is 29.7 Å². The highest BCUT2D eigenvalue weighted by Crippen LogP contribution is 2.32. The van der Waals surface area contributed by atoms with Gasteiger partial charge in [-0.1, -0.05) is 13.8 Å². The van der Waals surface area contributed by atoms with Gasteiger partial charge in [0.1, 0.15) is 23.1 Å². The lowest BCUT2D eigenvalue weighted by molar-refractivity contribution is -0.170. The molecule has 0 saturated carbocycles. The number of aromatic nitrogens is 2. The SMILES string of the molecule is COc1ccc(OC)c(CN2CCc3c(nc(C(C)C)nc3N3CCCC3)C2)c1.O=C(O)CC(O)(CC(=O)O)C(=O)O. The van der Waals surface area contributed by atoms with Crippen LogP contribution in [0.15, 0.2) is 18.2 Å². The zero-order valence-electron chi connectivity index (χ0n) is 24.5. The molecular formula is C29H40N4O9. The minimum atomic E-state index is -2.74. The molecule has 13 heteroatoms. The minimum absolute atomic E-state index is 0.329. The first kappa shape index (κ1) is 32.5. The summed E-state index contributed by atoms with van der Waals surface area (Å²) in [4.78, 5) is 45.4. The summed E-state index contributed by atoms with van der Waals surface area (Å²) < 4.78 is 11.0. The van der Waals surface area contributed by atoms with Crippen LogP contribution in [0.3, 0.4) is 0 Å². The van der Waals surface area contributed by atoms with Gasteiger partial charge < -0.3 is 34.8 Å². The number of hydrogen-bond acceptors (Lipinski definition) is 10. The number of hydrogen-bond donors (Lipinski definition) is 4. The molecule has 13 nitrogen and oxygen atoms in total. The Morgan fingerprint density at radius 3 is 2.14 bits per heavy atom. The number of fused-ring (bicyclic) bond motifs is 1. The fraction of sp³-hybridized carbons (Fsp3) is 0.552. The van der Waals surface area contributed by atoms with E-state index in [1.165, 1.54) is 29.9 Å². The van der Waals surface area contributed by atoms with Crippen LogP contribution in [0.2, 0.25) is 0 Å². The van der Waals surface area contributed by atoms with Gasteiger partial charge in [0.25, 0.3) is 0 Å². The van der Waals surface area contributed by atoms with E-state index in [4.69, 9.17) is 39.9 Å². The van der Waals surface area contributed by atoms with Gasteiger partial charge in [0.05, 0.1) is 32.8 Å². The fourth-order valence-corrected chi connectivity index (χ4v) is 5.03. The number of carbonyl (C=O) groups is 3. The average Bonchev–Trinajstić information content (AvgIpc) is 3.46. The van der Waals surface area contributed by atoms with Crippen LogP contribution in [0, 0.1) is 0 Å². The summed E-state index contributed by atoms with van der Waals surface area (Å²) in [6.45, 7) is 9.25. The predicted molar refractivity (Wildman–Crippen MR) is 152 cm³/mol. The first-order chi connectivity index (χ1) is 19.9. The number of ether oxygens (including phenoxy) is 2. The van der Waals surface area contributed by atoms with Gasteiger partial charge in [-0.3, -0.25) is 14.5 Å². The third-order valence-electron chi connectivity index (χ3n) is 7.23. The number of nitrogens with zero attached hydrogens (tertiary/aromatic N) is 4. The zero-order chi connectivity index (χ0) is 31.0. The number of anilines is 1. The summed E-state index contributed by atoms with van der Waals surface area (Å²) in [6, 6.07) is 6.00. The van der Waals surface area contributed by atoms with Crippen LogP contribution in [0.5, 0.6) is 11.5 Å². The molecule has 1 aromatic carbocycles. The number of aliphatic carboxylic acids is 3. The second-order valence-corrected chi connectivity index (χ2v) is 10.8. The summed E-state index contributed by atoms with van der Waals surface area (Å²) in [7, 11) is 3.42. The van der Waals surface area contributed by atoms with Crippen molar-refractivity contribution in [2.45, 2.75) is 70.6 Å². The molecule has 0 unspecified atom stereocenters. The standard InChI is InChI=1S/C23H32N4O2.C6H8O7/c1-16(2)22-24-20-15-26(14-17-13-18(28-3)7-8-21(17)29-4)12-9-19(20)23(25-22)27-10-5-6-11-27;7-3(8)1-6(13,5(11)12)2-4(9)10/h7-8,13,16H,5-6,9-12,14-15H2,1-4H3;13H,1-2H2,(H,7,8)(H,9,10)(H,11,12). The summed E-state index contributed by atoms with van der Waals surface area (Å²) in [6.07, 6.45) is 1.23. The monoisotopic (exact) mass is 588 g/mol. The molecule has 2 aliphatic rings. The lowest BCUT2D eigenvalue weighted by Gasteiger charge is -2.32. The van der Waals surface area contributed by atoms with E-state index in [1.54, 1.807) is 14.2 Å². The Hall–Kier alpha value is -3.97. The summed E-state index contributed by atoms with van der Waals surface area (Å²) in [5, 5.41) is 33.8. The molecule has 0 spiro atoms. The lowest BCUT2D eigenvalue weighted by atomic mass is 9.96. The molecule has 0 radical (unpaired) electrons. The zero-order valence-corrected chi connectivity index (χ0v) is 24.5. The van der Waals surface area contributed by atoms with Crippen LogP contribution in [0.4, 0.5) is 5.82 Å². The maximum Gasteiger partial charge on any atom is 0.336 e. The van der Waals surface area contributed by atoms with Gasteiger partial charge in [-0.05, 0) is 37.5 Å². The van der Waals surface area contributed by atoms with Crippen molar-refractivity contribution < 1.29 is 44.3 Å². The minimum Gasteiger partial charge on any atom is -0.497 e. The molecule has 1 fully saturated rings. The van der Waals surface area contributed by atoms with Gasteiger partial charge >= 0.3 is 17.9 Å². The first-order valence-electron chi connectivity index (χ1n) is 13.8. The maximum atomic E-state index is 10.3. The molecule has 2 aliphatic heterocycles. The molecule has 1 saturated heterocycles. The average molecular weight is 589 g/mol. The number of benzene rings is 1. The molecule has 0 atom stereocenters. The van der Waals surface area contributed by atoms with Gasteiger partial charge in [-0.25, -0.2) is 14.8 Å². The van der Waals surface area contributed by atoms with Crippen LogP contribution in [0.25, 0.3) is 0 Å². The molecule has 0 aliphatic carbocycles. The topological polar surface area (TPSA) is 183 Å². The molecule has 2 aromatic rings. The molecule has 0 bridgehead atoms. The molecule has 230 valence electrons. The van der Waals surface area contributed by atoms with Crippen molar-refractivity contribution in [3.05, 3.63) is 40.8 Å². The Bertz CT molecular complexity index is 1260. The quantitative estimate of drug-likeness (QED) is 0.301. The smallest absolute Gasteiger partial charge is 0.336 e. The Morgan fingerprint density at radius 1 is 0.976 bits per heavy atom. The first-order valence-corrected chi connectivity index (χ1v) is 13.8. The van der Waals surface area contributed by atoms with Crippen LogP contribution in [-0.2, 0) is 33.9 Å². The Kier molecular flexibility index (Phi) is 11.1. The van der Waals surface area contributed by atoms with Crippen LogP contribution < -0.4 is 14.4 Å². The van der Waals surface area contributed by atoms with Crippen molar-refractivity contribution >= 4 is 23.7 Å². The van der Waals surface area contributed by atoms with Crippen LogP contribution in [0.1, 0.15) is 68.1 Å². The second-order valence-electron chi connectivity index (χ2n) is 10.8. The normalized spacial score (nSPS) is 15.0. The molecule has 3 heterocycles. The highest BCUT2D eigenvalue weighted by Gasteiger charge is 2.40. The van der Waals surface area contributed by atoms with Crippen molar-refractivity contribution in [2.24, 2.45) is 0 Å². The van der Waals surface area contributed by atoms with Crippen LogP contribution >= 0.6 is 0 Å². The third kappa shape index (κ3) is 8.29. The van der Waals surface area contributed by atoms with E-state index in [9.17, 15) is 14.4 Å². The number of carboxylic acids is 3. The van der Waals surface area contributed by atoms with Gasteiger partial charge in [0.2, 0.25) is 0 Å². The van der Waals surface area contributed by atoms with Gasteiger partial charge in [0.15, 0.2) is 5.60 Å². The number of rotatable bonds is 11. The maximum absolute atomic E-state index is 10.3. The molecule has 4 N–H and O–H groups in total. The van der Waals surface area contributed by atoms with Crippen molar-refractivity contribution in [1.29, 1.82) is 0 Å². The fourth-order valence-electron chi connectivity index (χ4n) is 5.03. The van der Waals surface area contributed by atoms with Gasteiger partial charge in [0, 0.05) is 49.8 Å². The summed E-state index contributed by atoms with van der Waals surface area (Å²) in [5.41, 5.74) is 0.953. The highest BCUT2D eigenvalue weighted by molar-refractivity contribution is 5.88. The Labute approximate surface area is 244 Å². The van der Waals surface area contributed by atoms with E-state index in [0.29, 0.717) is 5.92 Å². The van der Waals surface area contributed by atoms with Crippen molar-refractivity contribution in [3.8, 4) is 11.5 Å².